The van der Waals surface area contributed by atoms with Crippen molar-refractivity contribution >= 4 is 23.4 Å². The molecule has 1 unspecified atom stereocenters. The van der Waals surface area contributed by atoms with E-state index in [1.807, 2.05) is 18.2 Å². The fourth-order valence-electron chi connectivity index (χ4n) is 4.84. The monoisotopic (exact) mass is 499 g/mol. The number of aliphatic hydroxyl groups is 1. The molecule has 0 spiro atoms. The minimum Gasteiger partial charge on any atom is -0.478 e. The van der Waals surface area contributed by atoms with Crippen LogP contribution in [0.1, 0.15) is 72.1 Å². The van der Waals surface area contributed by atoms with E-state index < -0.39 is 23.8 Å². The largest absolute Gasteiger partial charge is 0.478 e. The number of aliphatic hydroxyl groups excluding tert-OH is 1. The molecule has 0 aliphatic heterocycles. The summed E-state index contributed by atoms with van der Waals surface area (Å²) < 4.78 is 1.36. The van der Waals surface area contributed by atoms with E-state index in [2.05, 4.69) is 20.7 Å². The van der Waals surface area contributed by atoms with Gasteiger partial charge in [-0.05, 0) is 48.1 Å². The number of fused-ring (bicyclic) bond motifs is 2. The quantitative estimate of drug-likeness (QED) is 0.306. The summed E-state index contributed by atoms with van der Waals surface area (Å²) in [5.41, 5.74) is 3.98. The van der Waals surface area contributed by atoms with Gasteiger partial charge in [-0.25, -0.2) is 14.3 Å². The van der Waals surface area contributed by atoms with E-state index in [0.717, 1.165) is 16.7 Å². The van der Waals surface area contributed by atoms with Crippen LogP contribution in [-0.2, 0) is 6.42 Å². The first-order chi connectivity index (χ1) is 17.9. The Labute approximate surface area is 212 Å². The second-order valence-electron chi connectivity index (χ2n) is 8.92. The molecule has 188 valence electrons. The second-order valence-corrected chi connectivity index (χ2v) is 8.92. The van der Waals surface area contributed by atoms with E-state index in [4.69, 9.17) is 0 Å². The number of carboxylic acid groups (broad SMARTS) is 1. The van der Waals surface area contributed by atoms with Gasteiger partial charge in [-0.3, -0.25) is 9.59 Å². The summed E-state index contributed by atoms with van der Waals surface area (Å²) in [6.45, 7) is 1.48. The number of aromatic carboxylic acids is 1. The van der Waals surface area contributed by atoms with Crippen molar-refractivity contribution in [2.45, 2.75) is 31.8 Å². The van der Waals surface area contributed by atoms with Crippen molar-refractivity contribution in [3.05, 3.63) is 100.0 Å². The van der Waals surface area contributed by atoms with Crippen LogP contribution in [0.25, 0.3) is 5.65 Å². The number of carbonyl (C=O) groups is 3. The average Bonchev–Trinajstić information content (AvgIpc) is 3.54. The van der Waals surface area contributed by atoms with Gasteiger partial charge in [0.2, 0.25) is 0 Å². The first-order valence-corrected chi connectivity index (χ1v) is 11.9. The van der Waals surface area contributed by atoms with Gasteiger partial charge in [-0.15, -0.1) is 0 Å². The first kappa shape index (κ1) is 24.1. The first-order valence-electron chi connectivity index (χ1n) is 11.9. The van der Waals surface area contributed by atoms with Gasteiger partial charge in [-0.2, -0.15) is 5.10 Å². The lowest BCUT2D eigenvalue weighted by Gasteiger charge is -2.18. The molecule has 5 rings (SSSR count). The van der Waals surface area contributed by atoms with Crippen molar-refractivity contribution in [2.75, 3.05) is 6.61 Å². The number of amides is 2. The van der Waals surface area contributed by atoms with Crippen molar-refractivity contribution < 1.29 is 24.6 Å². The van der Waals surface area contributed by atoms with E-state index in [0.29, 0.717) is 24.1 Å². The Kier molecular flexibility index (Phi) is 6.41. The standard InChI is InChI=1S/C27H25N5O5/c1-15-17-9-10-20(19(17)8-7-18(15)27(36)37)30-26(35)23-13-21(29-24-11-12-28-32(23)24)25(34)31-22(14-33)16-5-3-2-4-6-16/h2-8,11-13,20,22,33H,9-10,14H2,1H3,(H,30,35)(H,31,34)(H,36,37)/t20-,22?/m0/s1. The summed E-state index contributed by atoms with van der Waals surface area (Å²) in [6.07, 6.45) is 2.76. The highest BCUT2D eigenvalue weighted by Gasteiger charge is 2.29. The number of aromatic nitrogens is 3. The zero-order valence-electron chi connectivity index (χ0n) is 20.0. The molecule has 2 heterocycles. The third-order valence-corrected chi connectivity index (χ3v) is 6.74. The number of carbonyl (C=O) groups excluding carboxylic acids is 2. The van der Waals surface area contributed by atoms with E-state index >= 15 is 0 Å². The van der Waals surface area contributed by atoms with E-state index in [9.17, 15) is 24.6 Å². The summed E-state index contributed by atoms with van der Waals surface area (Å²) in [7, 11) is 0. The van der Waals surface area contributed by atoms with Crippen molar-refractivity contribution in [2.24, 2.45) is 0 Å². The Balaban J connectivity index is 1.41. The van der Waals surface area contributed by atoms with Gasteiger partial charge in [0.1, 0.15) is 11.4 Å². The van der Waals surface area contributed by atoms with Crippen LogP contribution >= 0.6 is 0 Å². The van der Waals surface area contributed by atoms with Crippen molar-refractivity contribution in [3.63, 3.8) is 0 Å². The minimum absolute atomic E-state index is 0.0151. The fraction of sp³-hybridized carbons (Fsp3) is 0.222. The molecule has 4 N–H and O–H groups in total. The van der Waals surface area contributed by atoms with Crippen LogP contribution in [0.4, 0.5) is 0 Å². The Bertz CT molecular complexity index is 1510. The molecule has 0 saturated carbocycles. The maximum atomic E-state index is 13.4. The van der Waals surface area contributed by atoms with E-state index in [1.54, 1.807) is 37.3 Å². The number of carboxylic acids is 1. The van der Waals surface area contributed by atoms with Crippen LogP contribution in [0.5, 0.6) is 0 Å². The molecule has 2 atom stereocenters. The molecule has 0 bridgehead atoms. The SMILES string of the molecule is Cc1c(C(=O)O)ccc2c1CC[C@@H]2NC(=O)c1cc(C(=O)NC(CO)c2ccccc2)nc2ccnn12. The molecule has 1 aliphatic carbocycles. The van der Waals surface area contributed by atoms with Gasteiger partial charge < -0.3 is 20.8 Å². The number of nitrogens with zero attached hydrogens (tertiary/aromatic N) is 3. The molecular weight excluding hydrogens is 474 g/mol. The summed E-state index contributed by atoms with van der Waals surface area (Å²) in [5, 5.41) is 29.2. The molecule has 2 aromatic heterocycles. The summed E-state index contributed by atoms with van der Waals surface area (Å²) in [4.78, 5) is 42.3. The topological polar surface area (TPSA) is 146 Å². The lowest BCUT2D eigenvalue weighted by atomic mass is 9.98. The molecule has 0 fully saturated rings. The van der Waals surface area contributed by atoms with E-state index in [-0.39, 0.29) is 29.6 Å². The van der Waals surface area contributed by atoms with Crippen molar-refractivity contribution in [1.29, 1.82) is 0 Å². The number of benzene rings is 2. The highest BCUT2D eigenvalue weighted by molar-refractivity contribution is 5.98. The third-order valence-electron chi connectivity index (χ3n) is 6.74. The number of hydrogen-bond acceptors (Lipinski definition) is 6. The molecule has 0 saturated heterocycles. The number of hydrogen-bond donors (Lipinski definition) is 4. The third kappa shape index (κ3) is 4.54. The molecule has 1 aliphatic rings. The zero-order valence-corrected chi connectivity index (χ0v) is 20.0. The van der Waals surface area contributed by atoms with E-state index in [1.165, 1.54) is 16.8 Å². The van der Waals surface area contributed by atoms with Gasteiger partial charge in [-0.1, -0.05) is 36.4 Å². The Morgan fingerprint density at radius 1 is 1.11 bits per heavy atom. The van der Waals surface area contributed by atoms with Crippen LogP contribution < -0.4 is 10.6 Å². The van der Waals surface area contributed by atoms with Crippen LogP contribution in [-0.4, -0.2) is 49.2 Å². The molecule has 4 aromatic rings. The molecule has 37 heavy (non-hydrogen) atoms. The Morgan fingerprint density at radius 2 is 1.89 bits per heavy atom. The van der Waals surface area contributed by atoms with Crippen LogP contribution in [0.15, 0.2) is 60.8 Å². The van der Waals surface area contributed by atoms with Crippen molar-refractivity contribution in [1.82, 2.24) is 25.2 Å². The molecule has 2 aromatic carbocycles. The smallest absolute Gasteiger partial charge is 0.335 e. The Morgan fingerprint density at radius 3 is 2.62 bits per heavy atom. The minimum atomic E-state index is -0.979. The lowest BCUT2D eigenvalue weighted by Crippen LogP contribution is -2.33. The maximum Gasteiger partial charge on any atom is 0.335 e. The van der Waals surface area contributed by atoms with Gasteiger partial charge in [0.15, 0.2) is 5.65 Å². The Hall–Kier alpha value is -4.57. The molecule has 10 heteroatoms. The summed E-state index contributed by atoms with van der Waals surface area (Å²) in [6, 6.07) is 14.4. The summed E-state index contributed by atoms with van der Waals surface area (Å²) >= 11 is 0. The van der Waals surface area contributed by atoms with Gasteiger partial charge in [0.05, 0.1) is 30.5 Å². The fourth-order valence-corrected chi connectivity index (χ4v) is 4.84. The maximum absolute atomic E-state index is 13.4. The van der Waals surface area contributed by atoms with Gasteiger partial charge in [0.25, 0.3) is 11.8 Å². The second kappa shape index (κ2) is 9.82. The number of nitrogens with one attached hydrogen (secondary N) is 2. The normalized spacial score (nSPS) is 15.2. The zero-order chi connectivity index (χ0) is 26.1. The lowest BCUT2D eigenvalue weighted by molar-refractivity contribution is 0.0695. The molecule has 2 amide bonds. The van der Waals surface area contributed by atoms with Crippen LogP contribution in [0, 0.1) is 6.92 Å². The average molecular weight is 500 g/mol. The van der Waals surface area contributed by atoms with Gasteiger partial charge in [0, 0.05) is 12.1 Å². The molecule has 0 radical (unpaired) electrons. The molecular formula is C27H25N5O5. The van der Waals surface area contributed by atoms with Crippen LogP contribution in [0.2, 0.25) is 0 Å². The number of rotatable bonds is 7. The predicted octanol–water partition coefficient (Wildman–Crippen LogP) is 2.62. The highest BCUT2D eigenvalue weighted by Crippen LogP contribution is 2.35. The highest BCUT2D eigenvalue weighted by atomic mass is 16.4. The van der Waals surface area contributed by atoms with Crippen molar-refractivity contribution in [3.8, 4) is 0 Å². The van der Waals surface area contributed by atoms with Gasteiger partial charge >= 0.3 is 5.97 Å². The predicted molar refractivity (Wildman–Crippen MR) is 133 cm³/mol. The summed E-state index contributed by atoms with van der Waals surface area (Å²) in [5.74, 6) is -1.96. The molecule has 10 nitrogen and oxygen atoms in total. The van der Waals surface area contributed by atoms with Crippen LogP contribution in [0.3, 0.4) is 0 Å².